The second-order valence-corrected chi connectivity index (χ2v) is 6.83. The molecule has 0 unspecified atom stereocenters. The Morgan fingerprint density at radius 1 is 1.23 bits per heavy atom. The number of aryl methyl sites for hydroxylation is 2. The number of ether oxygens (including phenoxy) is 1. The third kappa shape index (κ3) is 2.69. The van der Waals surface area contributed by atoms with Crippen LogP contribution in [0.1, 0.15) is 43.5 Å². The fourth-order valence-electron chi connectivity index (χ4n) is 3.35. The number of aromatic nitrogens is 3. The Balaban J connectivity index is 2.40. The second-order valence-electron chi connectivity index (χ2n) is 6.83. The molecule has 3 rings (SSSR count). The lowest BCUT2D eigenvalue weighted by atomic mass is 10.0. The van der Waals surface area contributed by atoms with Crippen molar-refractivity contribution in [2.45, 2.75) is 47.1 Å². The van der Waals surface area contributed by atoms with Crippen LogP contribution < -0.4 is 10.3 Å². The molecule has 3 aromatic rings. The van der Waals surface area contributed by atoms with Crippen molar-refractivity contribution in [2.24, 2.45) is 0 Å². The maximum Gasteiger partial charge on any atom is 0.278 e. The van der Waals surface area contributed by atoms with Gasteiger partial charge in [0.1, 0.15) is 5.52 Å². The molecule has 26 heavy (non-hydrogen) atoms. The zero-order chi connectivity index (χ0) is 19.2. The molecule has 2 aromatic heterocycles. The van der Waals surface area contributed by atoms with Gasteiger partial charge >= 0.3 is 0 Å². The Kier molecular flexibility index (Phi) is 4.61. The highest BCUT2D eigenvalue weighted by Crippen LogP contribution is 2.29. The van der Waals surface area contributed by atoms with Crippen molar-refractivity contribution in [3.05, 3.63) is 51.2 Å². The summed E-state index contributed by atoms with van der Waals surface area (Å²) in [5.41, 5.74) is 3.73. The van der Waals surface area contributed by atoms with Crippen LogP contribution in [0.25, 0.3) is 16.9 Å². The SMILES string of the molecule is CCn1c(-c2cc(F)c(OC)cc2C)nn2c(C)cc(C(C)C)c2c1=O. The number of benzene rings is 1. The predicted molar refractivity (Wildman–Crippen MR) is 101 cm³/mol. The van der Waals surface area contributed by atoms with Crippen molar-refractivity contribution in [3.8, 4) is 17.1 Å². The molecule has 0 aliphatic carbocycles. The Hall–Kier alpha value is -2.63. The standard InChI is InChI=1S/C20H24FN3O2/c1-7-23-19(15-10-16(21)17(26-6)8-12(15)4)22-24-13(5)9-14(11(2)3)18(24)20(23)25/h8-11H,7H2,1-6H3. The van der Waals surface area contributed by atoms with Gasteiger partial charge in [0.25, 0.3) is 5.56 Å². The van der Waals surface area contributed by atoms with Crippen LogP contribution in [0.15, 0.2) is 23.0 Å². The van der Waals surface area contributed by atoms with Crippen LogP contribution in [0.5, 0.6) is 5.75 Å². The second kappa shape index (κ2) is 6.59. The van der Waals surface area contributed by atoms with Gasteiger partial charge in [-0.25, -0.2) is 8.91 Å². The molecule has 0 bridgehead atoms. The summed E-state index contributed by atoms with van der Waals surface area (Å²) < 4.78 is 22.6. The third-order valence-corrected chi connectivity index (χ3v) is 4.76. The van der Waals surface area contributed by atoms with E-state index >= 15 is 0 Å². The number of fused-ring (bicyclic) bond motifs is 1. The van der Waals surface area contributed by atoms with E-state index in [1.165, 1.54) is 13.2 Å². The first-order valence-corrected chi connectivity index (χ1v) is 8.77. The summed E-state index contributed by atoms with van der Waals surface area (Å²) in [6.07, 6.45) is 0. The first-order chi connectivity index (χ1) is 12.3. The lowest BCUT2D eigenvalue weighted by Gasteiger charge is -2.15. The van der Waals surface area contributed by atoms with E-state index in [1.54, 1.807) is 15.1 Å². The van der Waals surface area contributed by atoms with E-state index < -0.39 is 5.82 Å². The molecule has 0 radical (unpaired) electrons. The van der Waals surface area contributed by atoms with Gasteiger partial charge in [-0.05, 0) is 56.0 Å². The summed E-state index contributed by atoms with van der Waals surface area (Å²) in [5, 5.41) is 4.71. The van der Waals surface area contributed by atoms with E-state index in [4.69, 9.17) is 9.84 Å². The maximum absolute atomic E-state index is 14.3. The highest BCUT2D eigenvalue weighted by atomic mass is 19.1. The first kappa shape index (κ1) is 18.2. The fourth-order valence-corrected chi connectivity index (χ4v) is 3.35. The van der Waals surface area contributed by atoms with E-state index in [-0.39, 0.29) is 17.2 Å². The van der Waals surface area contributed by atoms with Gasteiger partial charge in [0.2, 0.25) is 0 Å². The topological polar surface area (TPSA) is 48.5 Å². The molecule has 0 saturated heterocycles. The van der Waals surface area contributed by atoms with Crippen LogP contribution >= 0.6 is 0 Å². The molecular formula is C20H24FN3O2. The number of hydrogen-bond donors (Lipinski definition) is 0. The quantitative estimate of drug-likeness (QED) is 0.707. The smallest absolute Gasteiger partial charge is 0.278 e. The van der Waals surface area contributed by atoms with Crippen LogP contribution in [0.4, 0.5) is 4.39 Å². The average Bonchev–Trinajstić information content (AvgIpc) is 2.94. The number of hydrogen-bond acceptors (Lipinski definition) is 3. The summed E-state index contributed by atoms with van der Waals surface area (Å²) in [4.78, 5) is 13.2. The van der Waals surface area contributed by atoms with E-state index in [9.17, 15) is 9.18 Å². The summed E-state index contributed by atoms with van der Waals surface area (Å²) in [5.74, 6) is 0.372. The lowest BCUT2D eigenvalue weighted by molar-refractivity contribution is 0.386. The molecule has 0 fully saturated rings. The number of rotatable bonds is 4. The zero-order valence-electron chi connectivity index (χ0n) is 16.1. The van der Waals surface area contributed by atoms with Gasteiger partial charge in [-0.3, -0.25) is 9.36 Å². The first-order valence-electron chi connectivity index (χ1n) is 8.77. The Labute approximate surface area is 152 Å². The van der Waals surface area contributed by atoms with Gasteiger partial charge < -0.3 is 4.74 Å². The Bertz CT molecular complexity index is 1050. The van der Waals surface area contributed by atoms with E-state index in [0.29, 0.717) is 23.4 Å². The minimum absolute atomic E-state index is 0.107. The van der Waals surface area contributed by atoms with Crippen molar-refractivity contribution < 1.29 is 9.13 Å². The molecule has 0 aliphatic rings. The molecule has 138 valence electrons. The highest BCUT2D eigenvalue weighted by molar-refractivity contribution is 5.65. The van der Waals surface area contributed by atoms with Gasteiger partial charge in [-0.1, -0.05) is 13.8 Å². The molecule has 0 N–H and O–H groups in total. The van der Waals surface area contributed by atoms with E-state index in [1.807, 2.05) is 26.8 Å². The normalized spacial score (nSPS) is 11.5. The van der Waals surface area contributed by atoms with Gasteiger partial charge in [0.15, 0.2) is 17.4 Å². The van der Waals surface area contributed by atoms with Gasteiger partial charge in [0, 0.05) is 17.8 Å². The maximum atomic E-state index is 14.3. The number of nitrogens with zero attached hydrogens (tertiary/aromatic N) is 3. The largest absolute Gasteiger partial charge is 0.494 e. The molecule has 0 saturated carbocycles. The zero-order valence-corrected chi connectivity index (χ0v) is 16.1. The highest BCUT2D eigenvalue weighted by Gasteiger charge is 2.20. The predicted octanol–water partition coefficient (Wildman–Crippen LogP) is 4.07. The average molecular weight is 357 g/mol. The van der Waals surface area contributed by atoms with Crippen LogP contribution in [0.3, 0.4) is 0 Å². The summed E-state index contributed by atoms with van der Waals surface area (Å²) in [7, 11) is 1.43. The Morgan fingerprint density at radius 3 is 2.50 bits per heavy atom. The van der Waals surface area contributed by atoms with E-state index in [2.05, 4.69) is 13.8 Å². The van der Waals surface area contributed by atoms with Crippen LogP contribution in [-0.4, -0.2) is 21.3 Å². The van der Waals surface area contributed by atoms with Crippen LogP contribution in [-0.2, 0) is 6.54 Å². The Morgan fingerprint density at radius 2 is 1.92 bits per heavy atom. The van der Waals surface area contributed by atoms with Crippen molar-refractivity contribution in [1.29, 1.82) is 0 Å². The number of halogens is 1. The van der Waals surface area contributed by atoms with Gasteiger partial charge in [-0.2, -0.15) is 0 Å². The molecule has 2 heterocycles. The third-order valence-electron chi connectivity index (χ3n) is 4.76. The van der Waals surface area contributed by atoms with Crippen LogP contribution in [0.2, 0.25) is 0 Å². The van der Waals surface area contributed by atoms with Gasteiger partial charge in [0.05, 0.1) is 7.11 Å². The molecule has 6 heteroatoms. The van der Waals surface area contributed by atoms with Crippen molar-refractivity contribution in [1.82, 2.24) is 14.2 Å². The monoisotopic (exact) mass is 357 g/mol. The van der Waals surface area contributed by atoms with E-state index in [0.717, 1.165) is 16.8 Å². The van der Waals surface area contributed by atoms with Crippen molar-refractivity contribution >= 4 is 5.52 Å². The summed E-state index contributed by atoms with van der Waals surface area (Å²) in [6, 6.07) is 5.01. The molecule has 1 aromatic carbocycles. The molecule has 0 atom stereocenters. The van der Waals surface area contributed by atoms with Gasteiger partial charge in [-0.15, -0.1) is 5.10 Å². The van der Waals surface area contributed by atoms with Crippen molar-refractivity contribution in [2.75, 3.05) is 7.11 Å². The lowest BCUT2D eigenvalue weighted by Crippen LogP contribution is -2.26. The van der Waals surface area contributed by atoms with Crippen LogP contribution in [0, 0.1) is 19.7 Å². The molecular weight excluding hydrogens is 333 g/mol. The minimum atomic E-state index is -0.475. The fraction of sp³-hybridized carbons (Fsp3) is 0.400. The molecule has 0 spiro atoms. The summed E-state index contributed by atoms with van der Waals surface area (Å²) in [6.45, 7) is 10.2. The van der Waals surface area contributed by atoms with Crippen molar-refractivity contribution in [3.63, 3.8) is 0 Å². The number of methoxy groups -OCH3 is 1. The summed E-state index contributed by atoms with van der Waals surface area (Å²) >= 11 is 0. The molecule has 5 nitrogen and oxygen atoms in total. The molecule has 0 aliphatic heterocycles. The minimum Gasteiger partial charge on any atom is -0.494 e. The molecule has 0 amide bonds.